The molecule has 1 aromatic heterocycles. The lowest BCUT2D eigenvalue weighted by molar-refractivity contribution is -0.148. The fraction of sp³-hybridized carbons (Fsp3) is 0.278. The maximum Gasteiger partial charge on any atom is 0.282 e. The highest BCUT2D eigenvalue weighted by Gasteiger charge is 2.50. The molecule has 136 valence electrons. The molecule has 0 spiro atoms. The first kappa shape index (κ1) is 18.1. The van der Waals surface area contributed by atoms with Crippen molar-refractivity contribution in [3.05, 3.63) is 52.9 Å². The molecule has 2 amide bonds. The Bertz CT molecular complexity index is 877. The van der Waals surface area contributed by atoms with Crippen LogP contribution < -0.4 is 15.0 Å². The Morgan fingerprint density at radius 1 is 1.42 bits per heavy atom. The Morgan fingerprint density at radius 3 is 2.88 bits per heavy atom. The summed E-state index contributed by atoms with van der Waals surface area (Å²) in [6, 6.07) is 7.46. The van der Waals surface area contributed by atoms with Crippen LogP contribution >= 0.6 is 11.6 Å². The molecule has 6 nitrogen and oxygen atoms in total. The Balaban J connectivity index is 1.81. The van der Waals surface area contributed by atoms with Crippen LogP contribution in [0.2, 0.25) is 5.02 Å². The first-order valence-electron chi connectivity index (χ1n) is 8.05. The minimum absolute atomic E-state index is 0.0369. The highest BCUT2D eigenvalue weighted by Crippen LogP contribution is 2.35. The van der Waals surface area contributed by atoms with Crippen molar-refractivity contribution in [2.75, 3.05) is 11.4 Å². The Kier molecular flexibility index (Phi) is 4.82. The van der Waals surface area contributed by atoms with E-state index in [0.717, 1.165) is 0 Å². The van der Waals surface area contributed by atoms with Gasteiger partial charge in [0.1, 0.15) is 5.82 Å². The van der Waals surface area contributed by atoms with Gasteiger partial charge in [0, 0.05) is 19.3 Å². The molecule has 1 atom stereocenters. The Labute approximate surface area is 154 Å². The maximum atomic E-state index is 13.2. The van der Waals surface area contributed by atoms with Crippen LogP contribution in [0.15, 0.2) is 36.5 Å². The summed E-state index contributed by atoms with van der Waals surface area (Å²) in [5, 5.41) is 2.61. The highest BCUT2D eigenvalue weighted by molar-refractivity contribution is 6.30. The average Bonchev–Trinajstić information content (AvgIpc) is 2.63. The van der Waals surface area contributed by atoms with Gasteiger partial charge in [0.2, 0.25) is 0 Å². The number of fused-ring (bicyclic) bond motifs is 1. The molecule has 0 saturated heterocycles. The minimum atomic E-state index is -1.73. The van der Waals surface area contributed by atoms with Crippen molar-refractivity contribution in [3.63, 3.8) is 0 Å². The van der Waals surface area contributed by atoms with Gasteiger partial charge in [0.15, 0.2) is 11.6 Å². The molecule has 26 heavy (non-hydrogen) atoms. The second-order valence-corrected chi connectivity index (χ2v) is 6.35. The van der Waals surface area contributed by atoms with E-state index in [1.165, 1.54) is 30.0 Å². The number of aromatic nitrogens is 1. The van der Waals surface area contributed by atoms with E-state index in [9.17, 15) is 14.0 Å². The van der Waals surface area contributed by atoms with Gasteiger partial charge >= 0.3 is 0 Å². The van der Waals surface area contributed by atoms with Crippen molar-refractivity contribution in [1.82, 2.24) is 10.3 Å². The van der Waals surface area contributed by atoms with Gasteiger partial charge in [0.25, 0.3) is 17.4 Å². The lowest BCUT2D eigenvalue weighted by Gasteiger charge is -2.38. The van der Waals surface area contributed by atoms with Gasteiger partial charge in [-0.05, 0) is 43.7 Å². The summed E-state index contributed by atoms with van der Waals surface area (Å²) >= 11 is 5.74. The van der Waals surface area contributed by atoms with Crippen LogP contribution in [0, 0.1) is 5.82 Å². The van der Waals surface area contributed by atoms with E-state index in [0.29, 0.717) is 23.7 Å². The number of benzene rings is 1. The predicted octanol–water partition coefficient (Wildman–Crippen LogP) is 2.69. The fourth-order valence-corrected chi connectivity index (χ4v) is 2.92. The van der Waals surface area contributed by atoms with Crippen molar-refractivity contribution in [2.24, 2.45) is 0 Å². The number of carbonyl (C=O) groups excluding carboxylic acids is 2. The number of nitrogens with one attached hydrogen (secondary N) is 1. The van der Waals surface area contributed by atoms with Crippen molar-refractivity contribution in [3.8, 4) is 5.75 Å². The molecule has 2 heterocycles. The molecule has 1 unspecified atom stereocenters. The van der Waals surface area contributed by atoms with Crippen LogP contribution in [0.5, 0.6) is 5.75 Å². The number of halogens is 2. The van der Waals surface area contributed by atoms with Gasteiger partial charge in [-0.2, -0.15) is 0 Å². The van der Waals surface area contributed by atoms with E-state index in [-0.39, 0.29) is 11.6 Å². The van der Waals surface area contributed by atoms with Crippen molar-refractivity contribution < 1.29 is 18.7 Å². The molecule has 1 aromatic carbocycles. The summed E-state index contributed by atoms with van der Waals surface area (Å²) in [7, 11) is 0. The van der Waals surface area contributed by atoms with E-state index in [1.807, 2.05) is 0 Å². The first-order chi connectivity index (χ1) is 12.4. The van der Waals surface area contributed by atoms with E-state index in [4.69, 9.17) is 16.3 Å². The van der Waals surface area contributed by atoms with E-state index < -0.39 is 23.2 Å². The number of hydrogen-bond donors (Lipinski definition) is 1. The third kappa shape index (κ3) is 3.10. The molecule has 0 saturated carbocycles. The Hall–Kier alpha value is -2.67. The van der Waals surface area contributed by atoms with Gasteiger partial charge in [-0.25, -0.2) is 9.37 Å². The van der Waals surface area contributed by atoms with E-state index >= 15 is 0 Å². The van der Waals surface area contributed by atoms with Gasteiger partial charge in [-0.1, -0.05) is 17.7 Å². The third-order valence-electron chi connectivity index (χ3n) is 4.16. The quantitative estimate of drug-likeness (QED) is 0.831. The van der Waals surface area contributed by atoms with Crippen LogP contribution in [0.4, 0.5) is 10.2 Å². The molecule has 0 bridgehead atoms. The molecule has 2 aromatic rings. The van der Waals surface area contributed by atoms with Crippen LogP contribution in [0.1, 0.15) is 19.4 Å². The molecule has 1 N–H and O–H groups in total. The molecule has 0 fully saturated rings. The molecule has 0 radical (unpaired) electrons. The maximum absolute atomic E-state index is 13.2. The number of nitrogens with zero attached hydrogens (tertiary/aromatic N) is 2. The third-order valence-corrected chi connectivity index (χ3v) is 4.45. The van der Waals surface area contributed by atoms with Crippen LogP contribution in [-0.2, 0) is 16.1 Å². The SMILES string of the molecule is CCN1C(=O)C(C)(C(=O)NCc2ccc(F)c(Cl)c2)Oc2cccnc21. The number of rotatable bonds is 4. The smallest absolute Gasteiger partial charge is 0.282 e. The summed E-state index contributed by atoms with van der Waals surface area (Å²) in [4.78, 5) is 31.1. The lowest BCUT2D eigenvalue weighted by Crippen LogP contribution is -2.62. The van der Waals surface area contributed by atoms with Gasteiger partial charge < -0.3 is 10.1 Å². The number of carbonyl (C=O) groups is 2. The number of likely N-dealkylation sites (N-methyl/N-ethyl adjacent to an activating group) is 1. The highest BCUT2D eigenvalue weighted by atomic mass is 35.5. The van der Waals surface area contributed by atoms with Crippen molar-refractivity contribution in [2.45, 2.75) is 26.0 Å². The van der Waals surface area contributed by atoms with Crippen molar-refractivity contribution in [1.29, 1.82) is 0 Å². The fourth-order valence-electron chi connectivity index (χ4n) is 2.72. The van der Waals surface area contributed by atoms with Crippen LogP contribution in [0.3, 0.4) is 0 Å². The number of pyridine rings is 1. The number of anilines is 1. The Morgan fingerprint density at radius 2 is 2.19 bits per heavy atom. The van der Waals surface area contributed by atoms with Gasteiger partial charge in [-0.3, -0.25) is 14.5 Å². The topological polar surface area (TPSA) is 71.5 Å². The van der Waals surface area contributed by atoms with Crippen LogP contribution in [-0.4, -0.2) is 28.9 Å². The average molecular weight is 378 g/mol. The first-order valence-corrected chi connectivity index (χ1v) is 8.43. The molecule has 0 aliphatic carbocycles. The zero-order chi connectivity index (χ0) is 18.9. The van der Waals surface area contributed by atoms with Gasteiger partial charge in [-0.15, -0.1) is 0 Å². The summed E-state index contributed by atoms with van der Waals surface area (Å²) in [5.74, 6) is -0.897. The monoisotopic (exact) mass is 377 g/mol. The molecule has 3 rings (SSSR count). The second-order valence-electron chi connectivity index (χ2n) is 5.94. The largest absolute Gasteiger partial charge is 0.464 e. The summed E-state index contributed by atoms with van der Waals surface area (Å²) in [5.41, 5.74) is -1.12. The number of amides is 2. The number of hydrogen-bond acceptors (Lipinski definition) is 4. The molecular formula is C18H17ClFN3O3. The summed E-state index contributed by atoms with van der Waals surface area (Å²) < 4.78 is 18.9. The van der Waals surface area contributed by atoms with Gasteiger partial charge in [0.05, 0.1) is 5.02 Å². The molecule has 1 aliphatic heterocycles. The predicted molar refractivity (Wildman–Crippen MR) is 94.6 cm³/mol. The van der Waals surface area contributed by atoms with E-state index in [2.05, 4.69) is 10.3 Å². The van der Waals surface area contributed by atoms with E-state index in [1.54, 1.807) is 25.3 Å². The molecular weight excluding hydrogens is 361 g/mol. The lowest BCUT2D eigenvalue weighted by atomic mass is 10.0. The summed E-state index contributed by atoms with van der Waals surface area (Å²) in [6.07, 6.45) is 1.55. The zero-order valence-electron chi connectivity index (χ0n) is 14.3. The number of ether oxygens (including phenoxy) is 1. The van der Waals surface area contributed by atoms with Crippen LogP contribution in [0.25, 0.3) is 0 Å². The zero-order valence-corrected chi connectivity index (χ0v) is 15.0. The summed E-state index contributed by atoms with van der Waals surface area (Å²) in [6.45, 7) is 3.64. The molecule has 8 heteroatoms. The molecule has 1 aliphatic rings. The van der Waals surface area contributed by atoms with Crippen molar-refractivity contribution >= 4 is 29.2 Å². The normalized spacial score (nSPS) is 18.9. The minimum Gasteiger partial charge on any atom is -0.464 e. The standard InChI is InChI=1S/C18H17ClFN3O3/c1-3-23-15-14(5-4-8-21-15)26-18(2,17(23)25)16(24)22-10-11-6-7-13(20)12(19)9-11/h4-9H,3,10H2,1-2H3,(H,22,24). The second kappa shape index (κ2) is 6.92.